The highest BCUT2D eigenvalue weighted by Crippen LogP contribution is 2.18. The number of likely N-dealkylation sites (tertiary alicyclic amines) is 1. The monoisotopic (exact) mass is 425 g/mol. The maximum Gasteiger partial charge on any atom is 0.194 e. The van der Waals surface area contributed by atoms with Crippen LogP contribution in [0, 0.1) is 0 Å². The second-order valence-electron chi connectivity index (χ2n) is 8.30. The third-order valence-corrected chi connectivity index (χ3v) is 5.98. The number of nitrogens with one attached hydrogen (secondary N) is 1. The fraction of sp³-hybridized carbons (Fsp3) is 0.583. The Labute approximate surface area is 185 Å². The van der Waals surface area contributed by atoms with Crippen molar-refractivity contribution in [2.75, 3.05) is 32.8 Å². The molecule has 0 aliphatic carbocycles. The zero-order valence-electron chi connectivity index (χ0n) is 18.6. The van der Waals surface area contributed by atoms with Crippen LogP contribution in [0.5, 0.6) is 0 Å². The molecule has 1 unspecified atom stereocenters. The van der Waals surface area contributed by atoms with E-state index in [4.69, 9.17) is 14.5 Å². The lowest BCUT2D eigenvalue weighted by atomic mass is 10.1. The second-order valence-corrected chi connectivity index (χ2v) is 8.30. The van der Waals surface area contributed by atoms with Gasteiger partial charge in [-0.25, -0.2) is 9.67 Å². The first-order valence-electron chi connectivity index (χ1n) is 11.7. The van der Waals surface area contributed by atoms with Crippen molar-refractivity contribution in [1.82, 2.24) is 20.0 Å². The predicted octanol–water partition coefficient (Wildman–Crippen LogP) is 3.39. The molecule has 7 heteroatoms. The first-order valence-corrected chi connectivity index (χ1v) is 11.7. The van der Waals surface area contributed by atoms with E-state index in [-0.39, 0.29) is 0 Å². The van der Waals surface area contributed by atoms with E-state index in [1.54, 1.807) is 6.20 Å². The van der Waals surface area contributed by atoms with E-state index in [9.17, 15) is 0 Å². The van der Waals surface area contributed by atoms with Crippen molar-refractivity contribution >= 4 is 5.96 Å². The minimum Gasteiger partial charge on any atom is -0.376 e. The average molecular weight is 426 g/mol. The van der Waals surface area contributed by atoms with Crippen LogP contribution in [0.25, 0.3) is 5.69 Å². The van der Waals surface area contributed by atoms with Crippen LogP contribution in [-0.4, -0.2) is 65.7 Å². The number of aromatic nitrogens is 2. The van der Waals surface area contributed by atoms with E-state index >= 15 is 0 Å². The number of guanidine groups is 1. The van der Waals surface area contributed by atoms with Crippen molar-refractivity contribution < 1.29 is 9.47 Å². The van der Waals surface area contributed by atoms with Gasteiger partial charge in [0, 0.05) is 38.6 Å². The van der Waals surface area contributed by atoms with Gasteiger partial charge < -0.3 is 19.7 Å². The van der Waals surface area contributed by atoms with Gasteiger partial charge in [-0.3, -0.25) is 0 Å². The third-order valence-electron chi connectivity index (χ3n) is 5.98. The summed E-state index contributed by atoms with van der Waals surface area (Å²) in [5, 5.41) is 7.73. The van der Waals surface area contributed by atoms with Gasteiger partial charge in [-0.15, -0.1) is 0 Å². The van der Waals surface area contributed by atoms with E-state index in [2.05, 4.69) is 46.5 Å². The number of nitrogens with zero attached hydrogens (tertiary/aromatic N) is 4. The maximum absolute atomic E-state index is 6.16. The Kier molecular flexibility index (Phi) is 7.96. The largest absolute Gasteiger partial charge is 0.376 e. The molecule has 2 fully saturated rings. The van der Waals surface area contributed by atoms with E-state index in [1.807, 2.05) is 16.9 Å². The SMILES string of the molecule is CCNC(=NCc1ccc(-n2cccn2)cc1)N1CCC(OCC2CCCCO2)CC1. The summed E-state index contributed by atoms with van der Waals surface area (Å²) in [6.45, 7) is 7.23. The highest BCUT2D eigenvalue weighted by atomic mass is 16.5. The van der Waals surface area contributed by atoms with Crippen LogP contribution in [0.15, 0.2) is 47.7 Å². The minimum absolute atomic E-state index is 0.297. The second kappa shape index (κ2) is 11.3. The normalized spacial score (nSPS) is 20.7. The summed E-state index contributed by atoms with van der Waals surface area (Å²) in [6.07, 6.45) is 10.0. The van der Waals surface area contributed by atoms with Crippen LogP contribution < -0.4 is 5.32 Å². The van der Waals surface area contributed by atoms with Gasteiger partial charge >= 0.3 is 0 Å². The number of piperidine rings is 1. The first kappa shape index (κ1) is 21.8. The number of rotatable bonds is 7. The number of ether oxygens (including phenoxy) is 2. The fourth-order valence-corrected chi connectivity index (χ4v) is 4.18. The van der Waals surface area contributed by atoms with Gasteiger partial charge in [-0.05, 0) is 62.8 Å². The Bertz CT molecular complexity index is 792. The fourth-order valence-electron chi connectivity index (χ4n) is 4.18. The van der Waals surface area contributed by atoms with Crippen molar-refractivity contribution in [3.8, 4) is 5.69 Å². The molecular weight excluding hydrogens is 390 g/mol. The molecule has 0 radical (unpaired) electrons. The van der Waals surface area contributed by atoms with Crippen LogP contribution in [0.3, 0.4) is 0 Å². The predicted molar refractivity (Wildman–Crippen MR) is 123 cm³/mol. The van der Waals surface area contributed by atoms with Crippen molar-refractivity contribution in [1.29, 1.82) is 0 Å². The lowest BCUT2D eigenvalue weighted by Crippen LogP contribution is -2.47. The van der Waals surface area contributed by atoms with Crippen molar-refractivity contribution in [3.05, 3.63) is 48.3 Å². The van der Waals surface area contributed by atoms with Crippen molar-refractivity contribution in [3.63, 3.8) is 0 Å². The van der Waals surface area contributed by atoms with E-state index < -0.39 is 0 Å². The molecule has 2 saturated heterocycles. The standard InChI is InChI=1S/C24H35N5O2/c1-2-25-24(26-18-20-7-9-21(10-8-20)29-14-5-13-27-29)28-15-11-22(12-16-28)31-19-23-6-3-4-17-30-23/h5,7-10,13-14,22-23H,2-4,6,11-12,15-19H2,1H3,(H,25,26). The van der Waals surface area contributed by atoms with Gasteiger partial charge in [0.1, 0.15) is 0 Å². The summed E-state index contributed by atoms with van der Waals surface area (Å²) in [5.41, 5.74) is 2.25. The van der Waals surface area contributed by atoms with Crippen LogP contribution in [0.1, 0.15) is 44.6 Å². The molecule has 2 aromatic rings. The van der Waals surface area contributed by atoms with Crippen molar-refractivity contribution in [2.45, 2.75) is 57.8 Å². The molecule has 168 valence electrons. The average Bonchev–Trinajstić information content (AvgIpc) is 3.37. The zero-order chi connectivity index (χ0) is 21.3. The van der Waals surface area contributed by atoms with Gasteiger partial charge in [-0.1, -0.05) is 12.1 Å². The lowest BCUT2D eigenvalue weighted by molar-refractivity contribution is -0.0721. The molecular formula is C24H35N5O2. The Morgan fingerprint density at radius 3 is 2.71 bits per heavy atom. The molecule has 0 amide bonds. The van der Waals surface area contributed by atoms with Crippen LogP contribution in [0.2, 0.25) is 0 Å². The quantitative estimate of drug-likeness (QED) is 0.544. The number of benzene rings is 1. The minimum atomic E-state index is 0.297. The Balaban J connectivity index is 1.26. The summed E-state index contributed by atoms with van der Waals surface area (Å²) in [4.78, 5) is 7.25. The lowest BCUT2D eigenvalue weighted by Gasteiger charge is -2.35. The summed E-state index contributed by atoms with van der Waals surface area (Å²) in [7, 11) is 0. The molecule has 2 aliphatic heterocycles. The Morgan fingerprint density at radius 2 is 2.03 bits per heavy atom. The van der Waals surface area contributed by atoms with Gasteiger partial charge in [0.2, 0.25) is 0 Å². The Morgan fingerprint density at radius 1 is 1.19 bits per heavy atom. The van der Waals surface area contributed by atoms with E-state index in [0.717, 1.165) is 63.8 Å². The van der Waals surface area contributed by atoms with Crippen LogP contribution in [0.4, 0.5) is 0 Å². The molecule has 1 aromatic carbocycles. The number of hydrogen-bond donors (Lipinski definition) is 1. The molecule has 1 N–H and O–H groups in total. The summed E-state index contributed by atoms with van der Waals surface area (Å²) < 4.78 is 13.8. The third kappa shape index (κ3) is 6.31. The smallest absolute Gasteiger partial charge is 0.194 e. The first-order chi connectivity index (χ1) is 15.3. The Hall–Kier alpha value is -2.38. The topological polar surface area (TPSA) is 63.9 Å². The molecule has 1 atom stereocenters. The highest BCUT2D eigenvalue weighted by Gasteiger charge is 2.23. The van der Waals surface area contributed by atoms with Crippen LogP contribution in [-0.2, 0) is 16.0 Å². The molecule has 1 aromatic heterocycles. The number of hydrogen-bond acceptors (Lipinski definition) is 4. The number of aliphatic imine (C=N–C) groups is 1. The molecule has 0 spiro atoms. The van der Waals surface area contributed by atoms with E-state index in [0.29, 0.717) is 18.8 Å². The van der Waals surface area contributed by atoms with Gasteiger partial charge in [0.25, 0.3) is 0 Å². The summed E-state index contributed by atoms with van der Waals surface area (Å²) in [5.74, 6) is 0.993. The van der Waals surface area contributed by atoms with Crippen molar-refractivity contribution in [2.24, 2.45) is 4.99 Å². The molecule has 2 aliphatic rings. The summed E-state index contributed by atoms with van der Waals surface area (Å²) >= 11 is 0. The molecule has 3 heterocycles. The molecule has 4 rings (SSSR count). The summed E-state index contributed by atoms with van der Waals surface area (Å²) in [6, 6.07) is 10.3. The molecule has 0 saturated carbocycles. The zero-order valence-corrected chi connectivity index (χ0v) is 18.6. The maximum atomic E-state index is 6.16. The van der Waals surface area contributed by atoms with E-state index in [1.165, 1.54) is 18.4 Å². The van der Waals surface area contributed by atoms with Crippen LogP contribution >= 0.6 is 0 Å². The van der Waals surface area contributed by atoms with Gasteiger partial charge in [0.15, 0.2) is 5.96 Å². The van der Waals surface area contributed by atoms with Gasteiger partial charge in [-0.2, -0.15) is 5.10 Å². The molecule has 31 heavy (non-hydrogen) atoms. The molecule has 0 bridgehead atoms. The van der Waals surface area contributed by atoms with Gasteiger partial charge in [0.05, 0.1) is 31.0 Å². The highest BCUT2D eigenvalue weighted by molar-refractivity contribution is 5.80. The molecule has 7 nitrogen and oxygen atoms in total.